The third-order valence-electron chi connectivity index (χ3n) is 3.22. The van der Waals surface area contributed by atoms with Crippen LogP contribution in [0.4, 0.5) is 8.78 Å². The predicted molar refractivity (Wildman–Crippen MR) is 83.1 cm³/mol. The van der Waals surface area contributed by atoms with Gasteiger partial charge < -0.3 is 5.32 Å². The number of nitrogens with one attached hydrogen (secondary N) is 1. The lowest BCUT2D eigenvalue weighted by atomic mass is 10.2. The molecule has 0 fully saturated rings. The van der Waals surface area contributed by atoms with E-state index < -0.39 is 11.6 Å². The van der Waals surface area contributed by atoms with Gasteiger partial charge in [0.05, 0.1) is 11.9 Å². The van der Waals surface area contributed by atoms with Crippen LogP contribution in [0.5, 0.6) is 0 Å². The molecule has 8 heteroatoms. The molecule has 0 spiro atoms. The van der Waals surface area contributed by atoms with Gasteiger partial charge in [-0.3, -0.25) is 4.79 Å². The third-order valence-corrected chi connectivity index (χ3v) is 3.79. The Morgan fingerprint density at radius 1 is 1.22 bits per heavy atom. The molecule has 23 heavy (non-hydrogen) atoms. The Kier molecular flexibility index (Phi) is 4.33. The van der Waals surface area contributed by atoms with E-state index in [0.717, 1.165) is 12.1 Å². The number of hydrogen-bond acceptors (Lipinski definition) is 3. The summed E-state index contributed by atoms with van der Waals surface area (Å²) in [7, 11) is 0. The van der Waals surface area contributed by atoms with Crippen LogP contribution in [0.3, 0.4) is 0 Å². The van der Waals surface area contributed by atoms with Gasteiger partial charge in [0, 0.05) is 17.9 Å². The van der Waals surface area contributed by atoms with Crippen molar-refractivity contribution in [1.82, 2.24) is 19.9 Å². The van der Waals surface area contributed by atoms with Gasteiger partial charge >= 0.3 is 0 Å². The van der Waals surface area contributed by atoms with Gasteiger partial charge in [0.25, 0.3) is 5.91 Å². The van der Waals surface area contributed by atoms with E-state index in [1.54, 1.807) is 18.3 Å². The summed E-state index contributed by atoms with van der Waals surface area (Å²) in [6.45, 7) is 0.0742. The van der Waals surface area contributed by atoms with Gasteiger partial charge in [-0.15, -0.1) is 0 Å². The maximum absolute atomic E-state index is 13.2. The Balaban J connectivity index is 1.83. The molecule has 0 saturated carbocycles. The van der Waals surface area contributed by atoms with Gasteiger partial charge in [0.2, 0.25) is 0 Å². The highest BCUT2D eigenvalue weighted by molar-refractivity contribution is 9.08. The van der Waals surface area contributed by atoms with Gasteiger partial charge in [-0.05, 0) is 23.8 Å². The highest BCUT2D eigenvalue weighted by Crippen LogP contribution is 2.11. The molecule has 1 aromatic carbocycles. The van der Waals surface area contributed by atoms with E-state index >= 15 is 0 Å². The van der Waals surface area contributed by atoms with Crippen LogP contribution in [0.1, 0.15) is 21.7 Å². The molecule has 0 aliphatic rings. The molecule has 0 atom stereocenters. The first-order valence-electron chi connectivity index (χ1n) is 6.70. The third kappa shape index (κ3) is 3.21. The van der Waals surface area contributed by atoms with Gasteiger partial charge in [0.1, 0.15) is 5.69 Å². The van der Waals surface area contributed by atoms with Gasteiger partial charge in [-0.2, -0.15) is 5.10 Å². The topological polar surface area (TPSA) is 59.3 Å². The summed E-state index contributed by atoms with van der Waals surface area (Å²) in [5, 5.41) is 7.23. The predicted octanol–water partition coefficient (Wildman–Crippen LogP) is 2.83. The zero-order chi connectivity index (χ0) is 16.4. The van der Waals surface area contributed by atoms with Crippen molar-refractivity contribution in [2.45, 2.75) is 11.9 Å². The molecular weight excluding hydrogens is 370 g/mol. The fourth-order valence-corrected chi connectivity index (χ4v) is 2.40. The molecule has 0 unspecified atom stereocenters. The number of hydrogen-bond donors (Lipinski definition) is 1. The summed E-state index contributed by atoms with van der Waals surface area (Å²) in [4.78, 5) is 16.7. The maximum Gasteiger partial charge on any atom is 0.270 e. The second kappa shape index (κ2) is 6.41. The molecule has 0 aliphatic carbocycles. The molecule has 3 aromatic rings. The smallest absolute Gasteiger partial charge is 0.270 e. The minimum absolute atomic E-state index is 0.0742. The van der Waals surface area contributed by atoms with Gasteiger partial charge in [-0.25, -0.2) is 18.3 Å². The Labute approximate surface area is 138 Å². The van der Waals surface area contributed by atoms with E-state index in [0.29, 0.717) is 27.9 Å². The van der Waals surface area contributed by atoms with E-state index in [9.17, 15) is 13.6 Å². The maximum atomic E-state index is 13.2. The summed E-state index contributed by atoms with van der Waals surface area (Å²) in [5.74, 6) is -2.25. The molecule has 118 valence electrons. The van der Waals surface area contributed by atoms with Crippen molar-refractivity contribution in [3.8, 4) is 0 Å². The number of fused-ring (bicyclic) bond motifs is 1. The quantitative estimate of drug-likeness (QED) is 0.708. The van der Waals surface area contributed by atoms with Crippen LogP contribution >= 0.6 is 15.9 Å². The summed E-state index contributed by atoms with van der Waals surface area (Å²) < 4.78 is 27.5. The van der Waals surface area contributed by atoms with Crippen LogP contribution in [-0.4, -0.2) is 20.5 Å². The molecule has 1 amide bonds. The molecule has 2 aromatic heterocycles. The number of aromatic nitrogens is 3. The normalized spacial score (nSPS) is 10.9. The molecule has 0 radical (unpaired) electrons. The zero-order valence-electron chi connectivity index (χ0n) is 11.8. The minimum Gasteiger partial charge on any atom is -0.347 e. The molecule has 0 bridgehead atoms. The van der Waals surface area contributed by atoms with Crippen molar-refractivity contribution in [1.29, 1.82) is 0 Å². The van der Waals surface area contributed by atoms with E-state index in [2.05, 4.69) is 31.3 Å². The van der Waals surface area contributed by atoms with Crippen molar-refractivity contribution < 1.29 is 13.6 Å². The number of halogens is 3. The lowest BCUT2D eigenvalue weighted by Gasteiger charge is -2.08. The number of rotatable bonds is 4. The standard InChI is InChI=1S/C15H11BrF2N4O/c16-7-10-6-13(22-14(21-10)3-4-20-22)15(23)19-8-9-1-2-11(17)12(18)5-9/h1-6H,7-8H2,(H,19,23). The molecule has 0 saturated heterocycles. The number of alkyl halides is 1. The monoisotopic (exact) mass is 380 g/mol. The van der Waals surface area contributed by atoms with Crippen LogP contribution in [0.15, 0.2) is 36.5 Å². The molecule has 3 rings (SSSR count). The van der Waals surface area contributed by atoms with Crippen molar-refractivity contribution >= 4 is 27.5 Å². The average molecular weight is 381 g/mol. The molecule has 5 nitrogen and oxygen atoms in total. The lowest BCUT2D eigenvalue weighted by Crippen LogP contribution is -2.26. The van der Waals surface area contributed by atoms with E-state index in [-0.39, 0.29) is 12.5 Å². The highest BCUT2D eigenvalue weighted by atomic mass is 79.9. The van der Waals surface area contributed by atoms with Crippen molar-refractivity contribution in [2.24, 2.45) is 0 Å². The Hall–Kier alpha value is -2.35. The second-order valence-electron chi connectivity index (χ2n) is 4.80. The van der Waals surface area contributed by atoms with E-state index in [1.165, 1.54) is 10.6 Å². The fraction of sp³-hybridized carbons (Fsp3) is 0.133. The number of carbonyl (C=O) groups excluding carboxylic acids is 1. The molecule has 1 N–H and O–H groups in total. The SMILES string of the molecule is O=C(NCc1ccc(F)c(F)c1)c1cc(CBr)nc2ccnn12. The Bertz CT molecular complexity index is 881. The first-order valence-corrected chi connectivity index (χ1v) is 7.82. The zero-order valence-corrected chi connectivity index (χ0v) is 13.3. The van der Waals surface area contributed by atoms with Gasteiger partial charge in [0.15, 0.2) is 17.3 Å². The van der Waals surface area contributed by atoms with Crippen molar-refractivity contribution in [3.05, 3.63) is 65.1 Å². The Morgan fingerprint density at radius 2 is 2.04 bits per heavy atom. The van der Waals surface area contributed by atoms with E-state index in [1.807, 2.05) is 0 Å². The van der Waals surface area contributed by atoms with Crippen LogP contribution in [-0.2, 0) is 11.9 Å². The second-order valence-corrected chi connectivity index (χ2v) is 5.36. The number of benzene rings is 1. The molecule has 0 aliphatic heterocycles. The fourth-order valence-electron chi connectivity index (χ4n) is 2.12. The summed E-state index contributed by atoms with van der Waals surface area (Å²) in [5.41, 5.74) is 2.02. The number of nitrogens with zero attached hydrogens (tertiary/aromatic N) is 3. The lowest BCUT2D eigenvalue weighted by molar-refractivity contribution is 0.0943. The summed E-state index contributed by atoms with van der Waals surface area (Å²) in [6.07, 6.45) is 1.55. The molecular formula is C15H11BrF2N4O. The Morgan fingerprint density at radius 3 is 2.78 bits per heavy atom. The van der Waals surface area contributed by atoms with Crippen molar-refractivity contribution in [3.63, 3.8) is 0 Å². The van der Waals surface area contributed by atoms with Crippen LogP contribution < -0.4 is 5.32 Å². The number of amides is 1. The molecule has 2 heterocycles. The summed E-state index contributed by atoms with van der Waals surface area (Å²) in [6, 6.07) is 6.81. The van der Waals surface area contributed by atoms with Crippen molar-refractivity contribution in [2.75, 3.05) is 0 Å². The number of carbonyl (C=O) groups is 1. The van der Waals surface area contributed by atoms with E-state index in [4.69, 9.17) is 0 Å². The van der Waals surface area contributed by atoms with Crippen LogP contribution in [0.2, 0.25) is 0 Å². The largest absolute Gasteiger partial charge is 0.347 e. The first kappa shape index (κ1) is 15.5. The first-order chi connectivity index (χ1) is 11.1. The minimum atomic E-state index is -0.947. The summed E-state index contributed by atoms with van der Waals surface area (Å²) >= 11 is 3.30. The highest BCUT2D eigenvalue weighted by Gasteiger charge is 2.14. The van der Waals surface area contributed by atoms with Gasteiger partial charge in [-0.1, -0.05) is 22.0 Å². The average Bonchev–Trinajstić information content (AvgIpc) is 3.03. The van der Waals surface area contributed by atoms with Crippen LogP contribution in [0, 0.1) is 11.6 Å². The van der Waals surface area contributed by atoms with Crippen LogP contribution in [0.25, 0.3) is 5.65 Å².